The summed E-state index contributed by atoms with van der Waals surface area (Å²) in [4.78, 5) is 11.7. The predicted molar refractivity (Wildman–Crippen MR) is 102 cm³/mol. The van der Waals surface area contributed by atoms with E-state index in [2.05, 4.69) is 5.32 Å². The number of hydrogen-bond donors (Lipinski definition) is 2. The number of rotatable bonds is 8. The number of carbonyl (C=O) groups is 1. The minimum absolute atomic E-state index is 0.126. The van der Waals surface area contributed by atoms with Gasteiger partial charge in [0.05, 0.1) is 0 Å². The molecule has 3 aromatic rings. The van der Waals surface area contributed by atoms with Gasteiger partial charge in [-0.05, 0) is 29.8 Å². The Labute approximate surface area is 162 Å². The molecule has 1 atom stereocenters. The summed E-state index contributed by atoms with van der Waals surface area (Å²) in [6.45, 7) is 0.441. The molecule has 3 rings (SSSR count). The van der Waals surface area contributed by atoms with E-state index in [0.29, 0.717) is 17.9 Å². The largest absolute Gasteiger partial charge is 0.489 e. The highest BCUT2D eigenvalue weighted by molar-refractivity contribution is 5.81. The van der Waals surface area contributed by atoms with Gasteiger partial charge in [-0.1, -0.05) is 48.5 Å². The smallest absolute Gasteiger partial charge is 0.239 e. The van der Waals surface area contributed by atoms with Crippen LogP contribution in [0.5, 0.6) is 5.75 Å². The lowest BCUT2D eigenvalue weighted by molar-refractivity contribution is -0.120. The summed E-state index contributed by atoms with van der Waals surface area (Å²) in [7, 11) is 0. The molecule has 0 aliphatic heterocycles. The van der Waals surface area contributed by atoms with Crippen LogP contribution in [0.3, 0.4) is 0 Å². The van der Waals surface area contributed by atoms with Gasteiger partial charge in [0.1, 0.15) is 30.0 Å². The van der Waals surface area contributed by atoms with Gasteiger partial charge in [-0.25, -0.2) is 8.78 Å². The summed E-state index contributed by atoms with van der Waals surface area (Å²) < 4.78 is 33.1. The normalized spacial score (nSPS) is 11.8. The van der Waals surface area contributed by atoms with E-state index in [1.54, 1.807) is 42.5 Å². The van der Waals surface area contributed by atoms with Crippen molar-refractivity contribution in [1.82, 2.24) is 5.32 Å². The summed E-state index contributed by atoms with van der Waals surface area (Å²) in [5.74, 6) is -0.868. The lowest BCUT2D eigenvalue weighted by Crippen LogP contribution is -2.33. The topological polar surface area (TPSA) is 64.4 Å². The first-order valence-electron chi connectivity index (χ1n) is 8.77. The minimum Gasteiger partial charge on any atom is -0.489 e. The van der Waals surface area contributed by atoms with Gasteiger partial charge < -0.3 is 10.5 Å². The highest BCUT2D eigenvalue weighted by atomic mass is 19.1. The molecule has 1 amide bonds. The molecule has 1 unspecified atom stereocenters. The Bertz CT molecular complexity index is 945. The molecule has 28 heavy (non-hydrogen) atoms. The third kappa shape index (κ3) is 4.92. The van der Waals surface area contributed by atoms with Crippen LogP contribution in [0.1, 0.15) is 22.7 Å². The van der Waals surface area contributed by atoms with E-state index in [1.165, 1.54) is 18.2 Å². The van der Waals surface area contributed by atoms with Gasteiger partial charge in [-0.3, -0.25) is 10.1 Å². The number of amides is 1. The first-order chi connectivity index (χ1) is 13.5. The summed E-state index contributed by atoms with van der Waals surface area (Å²) in [5.41, 5.74) is 6.96. The molecule has 4 nitrogen and oxygen atoms in total. The molecule has 0 saturated carbocycles. The molecule has 0 spiro atoms. The first kappa shape index (κ1) is 19.5. The van der Waals surface area contributed by atoms with Crippen LogP contribution in [0.2, 0.25) is 0 Å². The van der Waals surface area contributed by atoms with E-state index in [0.717, 1.165) is 5.56 Å². The van der Waals surface area contributed by atoms with Crippen LogP contribution in [0, 0.1) is 11.6 Å². The Morgan fingerprint density at radius 3 is 2.21 bits per heavy atom. The van der Waals surface area contributed by atoms with Crippen LogP contribution in [0.25, 0.3) is 0 Å². The number of nitrogens with one attached hydrogen (secondary N) is 1. The zero-order valence-corrected chi connectivity index (χ0v) is 15.1. The summed E-state index contributed by atoms with van der Waals surface area (Å²) in [5, 5.41) is 2.97. The summed E-state index contributed by atoms with van der Waals surface area (Å²) in [6.07, 6.45) is 0. The summed E-state index contributed by atoms with van der Waals surface area (Å²) >= 11 is 0. The second-order valence-electron chi connectivity index (χ2n) is 6.26. The molecule has 0 aromatic heterocycles. The highest BCUT2D eigenvalue weighted by Crippen LogP contribution is 2.19. The van der Waals surface area contributed by atoms with Gasteiger partial charge in [-0.2, -0.15) is 0 Å². The van der Waals surface area contributed by atoms with Crippen molar-refractivity contribution in [2.24, 2.45) is 5.73 Å². The van der Waals surface area contributed by atoms with Crippen molar-refractivity contribution in [2.45, 2.75) is 19.2 Å². The predicted octanol–water partition coefficient (Wildman–Crippen LogP) is 3.86. The Morgan fingerprint density at radius 2 is 1.57 bits per heavy atom. The number of primary amides is 1. The summed E-state index contributed by atoms with van der Waals surface area (Å²) in [6, 6.07) is 18.6. The molecular formula is C22H20F2N2O2. The van der Waals surface area contributed by atoms with Gasteiger partial charge in [0.15, 0.2) is 0 Å². The quantitative estimate of drug-likeness (QED) is 0.622. The highest BCUT2D eigenvalue weighted by Gasteiger charge is 2.20. The van der Waals surface area contributed by atoms with Crippen LogP contribution >= 0.6 is 0 Å². The molecule has 0 heterocycles. The number of benzene rings is 3. The van der Waals surface area contributed by atoms with Gasteiger partial charge in [0, 0.05) is 17.7 Å². The lowest BCUT2D eigenvalue weighted by Gasteiger charge is -2.16. The van der Waals surface area contributed by atoms with E-state index >= 15 is 0 Å². The maximum Gasteiger partial charge on any atom is 0.239 e. The zero-order valence-electron chi connectivity index (χ0n) is 15.1. The Kier molecular flexibility index (Phi) is 6.34. The fraction of sp³-hybridized carbons (Fsp3) is 0.136. The molecule has 144 valence electrons. The van der Waals surface area contributed by atoms with Crippen LogP contribution in [-0.4, -0.2) is 5.91 Å². The van der Waals surface area contributed by atoms with Crippen molar-refractivity contribution in [1.29, 1.82) is 0 Å². The molecule has 0 aliphatic rings. The number of halogens is 2. The Hall–Kier alpha value is -3.25. The van der Waals surface area contributed by atoms with Crippen molar-refractivity contribution in [3.63, 3.8) is 0 Å². The van der Waals surface area contributed by atoms with Crippen LogP contribution in [0.15, 0.2) is 72.8 Å². The minimum atomic E-state index is -0.932. The van der Waals surface area contributed by atoms with Crippen molar-refractivity contribution in [2.75, 3.05) is 0 Å². The first-order valence-corrected chi connectivity index (χ1v) is 8.77. The van der Waals surface area contributed by atoms with Crippen LogP contribution in [0.4, 0.5) is 8.78 Å². The average molecular weight is 382 g/mol. The SMILES string of the molecule is NC(=O)C(NCc1ccc(OCc2ccccc2F)cc1)c1ccccc1F. The second kappa shape index (κ2) is 9.10. The van der Waals surface area contributed by atoms with E-state index in [-0.39, 0.29) is 18.0 Å². The maximum atomic E-state index is 13.9. The zero-order chi connectivity index (χ0) is 19.9. The number of hydrogen-bond acceptors (Lipinski definition) is 3. The Balaban J connectivity index is 1.60. The standard InChI is InChI=1S/C22H20F2N2O2/c23-19-7-3-1-5-16(19)14-28-17-11-9-15(10-12-17)13-26-21(22(25)27)18-6-2-4-8-20(18)24/h1-12,21,26H,13-14H2,(H2,25,27). The number of ether oxygens (including phenoxy) is 1. The lowest BCUT2D eigenvalue weighted by atomic mass is 10.1. The molecule has 0 bridgehead atoms. The molecule has 0 saturated heterocycles. The van der Waals surface area contributed by atoms with Gasteiger partial charge >= 0.3 is 0 Å². The fourth-order valence-corrected chi connectivity index (χ4v) is 2.77. The van der Waals surface area contributed by atoms with Gasteiger partial charge in [0.2, 0.25) is 5.91 Å². The average Bonchev–Trinajstić information content (AvgIpc) is 2.69. The van der Waals surface area contributed by atoms with E-state index in [1.807, 2.05) is 12.1 Å². The molecule has 3 N–H and O–H groups in total. The molecule has 0 fully saturated rings. The van der Waals surface area contributed by atoms with E-state index in [4.69, 9.17) is 10.5 Å². The van der Waals surface area contributed by atoms with E-state index in [9.17, 15) is 13.6 Å². The molecule has 0 radical (unpaired) electrons. The van der Waals surface area contributed by atoms with Gasteiger partial charge in [0.25, 0.3) is 0 Å². The van der Waals surface area contributed by atoms with Gasteiger partial charge in [-0.15, -0.1) is 0 Å². The van der Waals surface area contributed by atoms with Crippen LogP contribution < -0.4 is 15.8 Å². The van der Waals surface area contributed by atoms with E-state index < -0.39 is 17.8 Å². The third-order valence-corrected chi connectivity index (χ3v) is 4.29. The van der Waals surface area contributed by atoms with Crippen molar-refractivity contribution < 1.29 is 18.3 Å². The third-order valence-electron chi connectivity index (χ3n) is 4.29. The molecular weight excluding hydrogens is 362 g/mol. The van der Waals surface area contributed by atoms with Crippen molar-refractivity contribution in [3.05, 3.63) is 101 Å². The maximum absolute atomic E-state index is 13.9. The van der Waals surface area contributed by atoms with Crippen molar-refractivity contribution in [3.8, 4) is 5.75 Å². The number of nitrogens with two attached hydrogens (primary N) is 1. The molecule has 6 heteroatoms. The molecule has 3 aromatic carbocycles. The fourth-order valence-electron chi connectivity index (χ4n) is 2.77. The monoisotopic (exact) mass is 382 g/mol. The molecule has 0 aliphatic carbocycles. The van der Waals surface area contributed by atoms with Crippen LogP contribution in [-0.2, 0) is 17.9 Å². The Morgan fingerprint density at radius 1 is 0.929 bits per heavy atom. The van der Waals surface area contributed by atoms with Crippen molar-refractivity contribution >= 4 is 5.91 Å². The number of carbonyl (C=O) groups excluding carboxylic acids is 1. The second-order valence-corrected chi connectivity index (χ2v) is 6.26.